The molecule has 2 aromatic heterocycles. The average molecular weight is 384 g/mol. The minimum atomic E-state index is -0.0932. The lowest BCUT2D eigenvalue weighted by Gasteiger charge is -2.12. The number of hydrogen-bond acceptors (Lipinski definition) is 2. The van der Waals surface area contributed by atoms with Crippen LogP contribution in [0.4, 0.5) is 5.69 Å². The predicted molar refractivity (Wildman–Crippen MR) is 115 cm³/mol. The number of furan rings is 1. The molecular formula is C25H24N2O2. The molecule has 2 heterocycles. The maximum absolute atomic E-state index is 13.1. The SMILES string of the molecule is Cc1cc(C(=O)Nc2ccccc2Cc2ccccc2)c(C)n1Cc1ccco1. The van der Waals surface area contributed by atoms with E-state index in [9.17, 15) is 4.79 Å². The van der Waals surface area contributed by atoms with Gasteiger partial charge in [-0.05, 0) is 55.7 Å². The molecule has 4 aromatic rings. The highest BCUT2D eigenvalue weighted by Gasteiger charge is 2.17. The molecule has 0 radical (unpaired) electrons. The first-order chi connectivity index (χ1) is 14.1. The largest absolute Gasteiger partial charge is 0.467 e. The van der Waals surface area contributed by atoms with Crippen LogP contribution in [0.3, 0.4) is 0 Å². The van der Waals surface area contributed by atoms with E-state index < -0.39 is 0 Å². The number of hydrogen-bond donors (Lipinski definition) is 1. The minimum Gasteiger partial charge on any atom is -0.467 e. The summed E-state index contributed by atoms with van der Waals surface area (Å²) in [5.74, 6) is 0.774. The molecule has 0 aliphatic heterocycles. The number of aromatic nitrogens is 1. The van der Waals surface area contributed by atoms with Crippen LogP contribution < -0.4 is 5.32 Å². The summed E-state index contributed by atoms with van der Waals surface area (Å²) in [6.45, 7) is 4.60. The maximum Gasteiger partial charge on any atom is 0.257 e. The van der Waals surface area contributed by atoms with Crippen molar-refractivity contribution in [2.45, 2.75) is 26.8 Å². The summed E-state index contributed by atoms with van der Waals surface area (Å²) in [5, 5.41) is 3.11. The van der Waals surface area contributed by atoms with Gasteiger partial charge in [-0.1, -0.05) is 48.5 Å². The first-order valence-electron chi connectivity index (χ1n) is 9.74. The van der Waals surface area contributed by atoms with Crippen LogP contribution in [0.2, 0.25) is 0 Å². The van der Waals surface area contributed by atoms with Gasteiger partial charge in [-0.25, -0.2) is 0 Å². The van der Waals surface area contributed by atoms with Gasteiger partial charge in [0, 0.05) is 17.1 Å². The second kappa shape index (κ2) is 8.23. The fourth-order valence-corrected chi connectivity index (χ4v) is 3.63. The summed E-state index contributed by atoms with van der Waals surface area (Å²) in [4.78, 5) is 13.1. The van der Waals surface area contributed by atoms with E-state index >= 15 is 0 Å². The molecular weight excluding hydrogens is 360 g/mol. The third-order valence-corrected chi connectivity index (χ3v) is 5.22. The molecule has 0 aliphatic rings. The molecule has 0 saturated carbocycles. The molecule has 1 amide bonds. The van der Waals surface area contributed by atoms with E-state index in [4.69, 9.17) is 4.42 Å². The summed E-state index contributed by atoms with van der Waals surface area (Å²) in [6.07, 6.45) is 2.44. The molecule has 0 bridgehead atoms. The summed E-state index contributed by atoms with van der Waals surface area (Å²) < 4.78 is 7.56. The Balaban J connectivity index is 1.56. The lowest BCUT2D eigenvalue weighted by Crippen LogP contribution is -2.15. The Morgan fingerprint density at radius 1 is 0.966 bits per heavy atom. The minimum absolute atomic E-state index is 0.0932. The van der Waals surface area contributed by atoms with E-state index in [-0.39, 0.29) is 5.91 Å². The van der Waals surface area contributed by atoms with Crippen LogP contribution in [0.5, 0.6) is 0 Å². The number of carbonyl (C=O) groups is 1. The zero-order valence-corrected chi connectivity index (χ0v) is 16.7. The molecule has 0 unspecified atom stereocenters. The summed E-state index contributed by atoms with van der Waals surface area (Å²) in [6, 6.07) is 24.0. The maximum atomic E-state index is 13.1. The quantitative estimate of drug-likeness (QED) is 0.471. The molecule has 29 heavy (non-hydrogen) atoms. The molecule has 0 saturated heterocycles. The van der Waals surface area contributed by atoms with Crippen molar-refractivity contribution in [2.24, 2.45) is 0 Å². The Kier molecular flexibility index (Phi) is 5.34. The van der Waals surface area contributed by atoms with E-state index in [1.54, 1.807) is 6.26 Å². The van der Waals surface area contributed by atoms with Crippen LogP contribution in [0, 0.1) is 13.8 Å². The number of anilines is 1. The van der Waals surface area contributed by atoms with Crippen molar-refractivity contribution in [3.63, 3.8) is 0 Å². The molecule has 4 rings (SSSR count). The molecule has 2 aromatic carbocycles. The van der Waals surface area contributed by atoms with Crippen molar-refractivity contribution in [2.75, 3.05) is 5.32 Å². The summed E-state index contributed by atoms with van der Waals surface area (Å²) >= 11 is 0. The predicted octanol–water partition coefficient (Wildman–Crippen LogP) is 5.59. The highest BCUT2D eigenvalue weighted by molar-refractivity contribution is 6.05. The van der Waals surface area contributed by atoms with E-state index in [0.717, 1.165) is 34.8 Å². The van der Waals surface area contributed by atoms with Crippen molar-refractivity contribution >= 4 is 11.6 Å². The topological polar surface area (TPSA) is 47.2 Å². The Hall–Kier alpha value is -3.53. The molecule has 146 valence electrons. The Morgan fingerprint density at radius 3 is 2.48 bits per heavy atom. The second-order valence-electron chi connectivity index (χ2n) is 7.22. The molecule has 1 N–H and O–H groups in total. The van der Waals surface area contributed by atoms with Crippen LogP contribution in [0.1, 0.15) is 38.6 Å². The molecule has 4 nitrogen and oxygen atoms in total. The Labute approximate surface area is 170 Å². The van der Waals surface area contributed by atoms with Crippen molar-refractivity contribution in [3.05, 3.63) is 113 Å². The van der Waals surface area contributed by atoms with E-state index in [1.165, 1.54) is 5.56 Å². The Bertz CT molecular complexity index is 1110. The third-order valence-electron chi connectivity index (χ3n) is 5.22. The lowest BCUT2D eigenvalue weighted by molar-refractivity contribution is 0.102. The van der Waals surface area contributed by atoms with Crippen LogP contribution in [0.25, 0.3) is 0 Å². The van der Waals surface area contributed by atoms with Gasteiger partial charge < -0.3 is 14.3 Å². The van der Waals surface area contributed by atoms with Gasteiger partial charge in [0.15, 0.2) is 0 Å². The van der Waals surface area contributed by atoms with Gasteiger partial charge in [-0.3, -0.25) is 4.79 Å². The van der Waals surface area contributed by atoms with Crippen LogP contribution in [-0.2, 0) is 13.0 Å². The average Bonchev–Trinajstić information content (AvgIpc) is 3.34. The van der Waals surface area contributed by atoms with Gasteiger partial charge in [0.2, 0.25) is 0 Å². The number of nitrogens with one attached hydrogen (secondary N) is 1. The van der Waals surface area contributed by atoms with Gasteiger partial charge in [-0.2, -0.15) is 0 Å². The lowest BCUT2D eigenvalue weighted by atomic mass is 10.0. The van der Waals surface area contributed by atoms with Gasteiger partial charge in [0.25, 0.3) is 5.91 Å². The summed E-state index contributed by atoms with van der Waals surface area (Å²) in [5.41, 5.74) is 5.79. The van der Waals surface area contributed by atoms with Crippen molar-refractivity contribution in [1.29, 1.82) is 0 Å². The first-order valence-corrected chi connectivity index (χ1v) is 9.74. The highest BCUT2D eigenvalue weighted by Crippen LogP contribution is 2.22. The molecule has 0 aliphatic carbocycles. The fraction of sp³-hybridized carbons (Fsp3) is 0.160. The van der Waals surface area contributed by atoms with E-state index in [2.05, 4.69) is 28.1 Å². The van der Waals surface area contributed by atoms with Gasteiger partial charge in [-0.15, -0.1) is 0 Å². The van der Waals surface area contributed by atoms with E-state index in [1.807, 2.05) is 68.4 Å². The van der Waals surface area contributed by atoms with Gasteiger partial charge >= 0.3 is 0 Å². The van der Waals surface area contributed by atoms with E-state index in [0.29, 0.717) is 12.1 Å². The number of amides is 1. The standard InChI is InChI=1S/C25H24N2O2/c1-18-15-23(19(2)27(18)17-22-12-8-14-29-22)25(28)26-24-13-7-6-11-21(24)16-20-9-4-3-5-10-20/h3-15H,16-17H2,1-2H3,(H,26,28). The second-order valence-corrected chi connectivity index (χ2v) is 7.22. The van der Waals surface area contributed by atoms with Crippen LogP contribution in [-0.4, -0.2) is 10.5 Å². The number of carbonyl (C=O) groups excluding carboxylic acids is 1. The zero-order chi connectivity index (χ0) is 20.2. The number of benzene rings is 2. The number of rotatable bonds is 6. The molecule has 0 atom stereocenters. The normalized spacial score (nSPS) is 10.8. The van der Waals surface area contributed by atoms with Gasteiger partial charge in [0.1, 0.15) is 5.76 Å². The smallest absolute Gasteiger partial charge is 0.257 e. The van der Waals surface area contributed by atoms with Crippen molar-refractivity contribution < 1.29 is 9.21 Å². The zero-order valence-electron chi connectivity index (χ0n) is 16.7. The van der Waals surface area contributed by atoms with Crippen molar-refractivity contribution in [1.82, 2.24) is 4.57 Å². The Morgan fingerprint density at radius 2 is 1.72 bits per heavy atom. The van der Waals surface area contributed by atoms with Crippen molar-refractivity contribution in [3.8, 4) is 0 Å². The molecule has 0 spiro atoms. The fourth-order valence-electron chi connectivity index (χ4n) is 3.63. The first kappa shape index (κ1) is 18.8. The van der Waals surface area contributed by atoms with Crippen LogP contribution >= 0.6 is 0 Å². The third kappa shape index (κ3) is 4.16. The monoisotopic (exact) mass is 384 g/mol. The number of aryl methyl sites for hydroxylation is 1. The highest BCUT2D eigenvalue weighted by atomic mass is 16.3. The molecule has 4 heteroatoms. The van der Waals surface area contributed by atoms with Gasteiger partial charge in [0.05, 0.1) is 18.4 Å². The number of nitrogens with zero attached hydrogens (tertiary/aromatic N) is 1. The van der Waals surface area contributed by atoms with Crippen LogP contribution in [0.15, 0.2) is 83.5 Å². The summed E-state index contributed by atoms with van der Waals surface area (Å²) in [7, 11) is 0. The number of para-hydroxylation sites is 1. The molecule has 0 fully saturated rings.